The summed E-state index contributed by atoms with van der Waals surface area (Å²) in [7, 11) is -2.46. The summed E-state index contributed by atoms with van der Waals surface area (Å²) >= 11 is 6.05. The van der Waals surface area contributed by atoms with Gasteiger partial charge in [0.25, 0.3) is 0 Å². The molecule has 4 heterocycles. The minimum absolute atomic E-state index is 0.00475. The second kappa shape index (κ2) is 10.2. The van der Waals surface area contributed by atoms with Crippen LogP contribution in [0.5, 0.6) is 5.75 Å². The van der Waals surface area contributed by atoms with Crippen LogP contribution in [0.1, 0.15) is 24.0 Å². The first-order chi connectivity index (χ1) is 18.7. The number of methoxy groups -OCH3 is 1. The normalized spacial score (nSPS) is 25.2. The summed E-state index contributed by atoms with van der Waals surface area (Å²) < 4.78 is 46.7. The zero-order valence-corrected chi connectivity index (χ0v) is 23.4. The van der Waals surface area contributed by atoms with Crippen molar-refractivity contribution in [2.24, 2.45) is 0 Å². The van der Waals surface area contributed by atoms with Gasteiger partial charge in [-0.3, -0.25) is 9.69 Å². The van der Waals surface area contributed by atoms with E-state index >= 15 is 0 Å². The van der Waals surface area contributed by atoms with E-state index in [1.807, 2.05) is 18.2 Å². The number of likely N-dealkylation sites (tertiary alicyclic amines) is 1. The number of carbonyl (C=O) groups is 1. The van der Waals surface area contributed by atoms with Gasteiger partial charge in [0.2, 0.25) is 15.9 Å². The van der Waals surface area contributed by atoms with E-state index in [4.69, 9.17) is 25.8 Å². The highest BCUT2D eigenvalue weighted by atomic mass is 35.5. The predicted molar refractivity (Wildman–Crippen MR) is 147 cm³/mol. The lowest BCUT2D eigenvalue weighted by Gasteiger charge is -2.45. The topological polar surface area (TPSA) is 88.6 Å². The monoisotopic (exact) mass is 573 g/mol. The molecule has 0 radical (unpaired) electrons. The van der Waals surface area contributed by atoms with Crippen LogP contribution in [0, 0.1) is 0 Å². The highest BCUT2D eigenvalue weighted by Gasteiger charge is 2.61. The number of hydrogen-bond donors (Lipinski definition) is 0. The van der Waals surface area contributed by atoms with Crippen LogP contribution in [0.3, 0.4) is 0 Å². The minimum atomic E-state index is -4.01. The van der Waals surface area contributed by atoms with E-state index in [1.165, 1.54) is 9.87 Å². The molecule has 0 bridgehead atoms. The molecule has 2 aromatic rings. The van der Waals surface area contributed by atoms with Gasteiger partial charge in [-0.2, -0.15) is 4.31 Å². The lowest BCUT2D eigenvalue weighted by atomic mass is 9.91. The number of sulfonamides is 1. The van der Waals surface area contributed by atoms with Gasteiger partial charge in [0.1, 0.15) is 12.4 Å². The summed E-state index contributed by atoms with van der Waals surface area (Å²) in [6.45, 7) is 2.64. The van der Waals surface area contributed by atoms with Gasteiger partial charge in [-0.15, -0.1) is 0 Å². The zero-order chi connectivity index (χ0) is 27.3. The second-order valence-electron chi connectivity index (χ2n) is 10.8. The number of amides is 1. The van der Waals surface area contributed by atoms with Crippen molar-refractivity contribution >= 4 is 33.6 Å². The number of hydrogen-bond acceptors (Lipinski definition) is 7. The molecule has 3 fully saturated rings. The Morgan fingerprint density at radius 2 is 1.85 bits per heavy atom. The summed E-state index contributed by atoms with van der Waals surface area (Å²) in [4.78, 5) is 17.7. The average molecular weight is 574 g/mol. The maximum atomic E-state index is 13.8. The molecule has 6 rings (SSSR count). The van der Waals surface area contributed by atoms with Crippen molar-refractivity contribution in [3.63, 3.8) is 0 Å². The van der Waals surface area contributed by atoms with Crippen molar-refractivity contribution in [3.8, 4) is 5.75 Å². The van der Waals surface area contributed by atoms with Crippen molar-refractivity contribution in [1.82, 2.24) is 14.1 Å². The number of ether oxygens (including phenoxy) is 3. The van der Waals surface area contributed by atoms with Crippen molar-refractivity contribution in [1.29, 1.82) is 0 Å². The fraction of sp³-hybridized carbons (Fsp3) is 0.464. The Morgan fingerprint density at radius 3 is 2.59 bits per heavy atom. The summed E-state index contributed by atoms with van der Waals surface area (Å²) in [6.07, 6.45) is 3.09. The number of halogens is 1. The predicted octanol–water partition coefficient (Wildman–Crippen LogP) is 2.96. The summed E-state index contributed by atoms with van der Waals surface area (Å²) in [5, 5.41) is 0.509. The van der Waals surface area contributed by atoms with Crippen LogP contribution in [-0.2, 0) is 30.8 Å². The van der Waals surface area contributed by atoms with Crippen molar-refractivity contribution in [3.05, 3.63) is 69.6 Å². The zero-order valence-electron chi connectivity index (χ0n) is 21.8. The molecular weight excluding hydrogens is 542 g/mol. The van der Waals surface area contributed by atoms with Crippen molar-refractivity contribution in [2.45, 2.75) is 30.7 Å². The number of carbonyl (C=O) groups excluding carboxylic acids is 1. The highest BCUT2D eigenvalue weighted by molar-refractivity contribution is 7.93. The molecule has 0 aromatic heterocycles. The molecule has 3 saturated heterocycles. The van der Waals surface area contributed by atoms with Crippen molar-refractivity contribution in [2.75, 3.05) is 53.0 Å². The van der Waals surface area contributed by atoms with Crippen LogP contribution in [0.25, 0.3) is 6.08 Å². The number of piperazine rings is 1. The number of rotatable bonds is 6. The third kappa shape index (κ3) is 4.98. The number of fused-ring (bicyclic) bond motifs is 2. The highest BCUT2D eigenvalue weighted by Crippen LogP contribution is 2.44. The van der Waals surface area contributed by atoms with Gasteiger partial charge in [0.15, 0.2) is 5.72 Å². The first-order valence-electron chi connectivity index (χ1n) is 13.1. The fourth-order valence-electron chi connectivity index (χ4n) is 6.12. The number of nitrogens with zero attached hydrogens (tertiary/aromatic N) is 3. The third-order valence-electron chi connectivity index (χ3n) is 8.10. The first kappa shape index (κ1) is 26.7. The van der Waals surface area contributed by atoms with E-state index in [9.17, 15) is 13.2 Å². The molecule has 0 aliphatic carbocycles. The lowest BCUT2D eigenvalue weighted by Crippen LogP contribution is -2.65. The standard InChI is InChI=1S/C28H32ClN3O6S/c1-36-20-28-19-31(39(34,35)24-13-22-7-8-23(29)14-25(22)37-17-24)16-26(33)32(28)18-27(38-28)9-11-30(12-10-27)15-21-5-3-2-4-6-21/h2-8,13-14H,9-12,15-20H2,1H3. The van der Waals surface area contributed by atoms with Crippen LogP contribution < -0.4 is 4.74 Å². The van der Waals surface area contributed by atoms with Gasteiger partial charge in [0.05, 0.1) is 36.7 Å². The molecule has 4 aliphatic rings. The average Bonchev–Trinajstić information content (AvgIpc) is 3.24. The van der Waals surface area contributed by atoms with Gasteiger partial charge in [-0.1, -0.05) is 41.9 Å². The van der Waals surface area contributed by atoms with Crippen molar-refractivity contribution < 1.29 is 27.4 Å². The van der Waals surface area contributed by atoms with Crippen LogP contribution in [-0.4, -0.2) is 92.8 Å². The number of benzene rings is 2. The first-order valence-corrected chi connectivity index (χ1v) is 14.9. The molecule has 0 N–H and O–H groups in total. The minimum Gasteiger partial charge on any atom is -0.487 e. The maximum absolute atomic E-state index is 13.8. The SMILES string of the molecule is COCC12CN(S(=O)(=O)C3=Cc4ccc(Cl)cc4OC3)CC(=O)N1CC1(CCN(Cc3ccccc3)CC1)O2. The Balaban J connectivity index is 1.21. The molecule has 9 nitrogen and oxygen atoms in total. The van der Waals surface area contributed by atoms with E-state index in [0.717, 1.165) is 32.5 Å². The van der Waals surface area contributed by atoms with Crippen LogP contribution >= 0.6 is 11.6 Å². The van der Waals surface area contributed by atoms with Gasteiger partial charge in [-0.05, 0) is 42.7 Å². The smallest absolute Gasteiger partial charge is 0.243 e. The Hall–Kier alpha value is -2.47. The van der Waals surface area contributed by atoms with E-state index < -0.39 is 21.3 Å². The Bertz CT molecular complexity index is 1390. The summed E-state index contributed by atoms with van der Waals surface area (Å²) in [6, 6.07) is 15.4. The Labute approximate surface area is 233 Å². The molecule has 1 atom stereocenters. The molecule has 2 aromatic carbocycles. The second-order valence-corrected chi connectivity index (χ2v) is 13.2. The van der Waals surface area contributed by atoms with E-state index in [-0.39, 0.29) is 37.1 Å². The largest absolute Gasteiger partial charge is 0.487 e. The van der Waals surface area contributed by atoms with Gasteiger partial charge in [-0.25, -0.2) is 8.42 Å². The van der Waals surface area contributed by atoms with Crippen LogP contribution in [0.2, 0.25) is 5.02 Å². The molecule has 11 heteroatoms. The molecule has 1 unspecified atom stereocenters. The van der Waals surface area contributed by atoms with Gasteiger partial charge < -0.3 is 19.1 Å². The summed E-state index contributed by atoms with van der Waals surface area (Å²) in [5.41, 5.74) is 0.170. The number of piperidine rings is 1. The summed E-state index contributed by atoms with van der Waals surface area (Å²) in [5.74, 6) is 0.243. The van der Waals surface area contributed by atoms with Crippen LogP contribution in [0.4, 0.5) is 0 Å². The van der Waals surface area contributed by atoms with E-state index in [0.29, 0.717) is 22.9 Å². The lowest BCUT2D eigenvalue weighted by molar-refractivity contribution is -0.197. The molecular formula is C28H32ClN3O6S. The molecule has 4 aliphatic heterocycles. The van der Waals surface area contributed by atoms with Gasteiger partial charge >= 0.3 is 0 Å². The maximum Gasteiger partial charge on any atom is 0.243 e. The van der Waals surface area contributed by atoms with Gasteiger partial charge in [0, 0.05) is 37.3 Å². The fourth-order valence-corrected chi connectivity index (χ4v) is 7.75. The molecule has 39 heavy (non-hydrogen) atoms. The Morgan fingerprint density at radius 1 is 1.08 bits per heavy atom. The third-order valence-corrected chi connectivity index (χ3v) is 10.2. The molecule has 0 saturated carbocycles. The van der Waals surface area contributed by atoms with E-state index in [1.54, 1.807) is 36.3 Å². The quantitative estimate of drug-likeness (QED) is 0.525. The van der Waals surface area contributed by atoms with Crippen LogP contribution in [0.15, 0.2) is 53.4 Å². The van der Waals surface area contributed by atoms with E-state index in [2.05, 4.69) is 17.0 Å². The molecule has 208 valence electrons. The Kier molecular flexibility index (Phi) is 6.97. The molecule has 1 spiro atoms. The molecule has 1 amide bonds.